The lowest BCUT2D eigenvalue weighted by molar-refractivity contribution is -0.122. The van der Waals surface area contributed by atoms with E-state index in [-0.39, 0.29) is 17.9 Å². The third-order valence-corrected chi connectivity index (χ3v) is 2.02. The summed E-state index contributed by atoms with van der Waals surface area (Å²) in [6, 6.07) is -0.0885. The fourth-order valence-corrected chi connectivity index (χ4v) is 1.06. The first-order valence-corrected chi connectivity index (χ1v) is 5.39. The average molecular weight is 215 g/mol. The molecule has 5 heteroatoms. The van der Waals surface area contributed by atoms with Crippen molar-refractivity contribution >= 4 is 11.8 Å². The van der Waals surface area contributed by atoms with Crippen LogP contribution in [0, 0.1) is 0 Å². The van der Waals surface area contributed by atoms with Gasteiger partial charge in [0.1, 0.15) is 0 Å². The average Bonchev–Trinajstić information content (AvgIpc) is 2.18. The van der Waals surface area contributed by atoms with Crippen molar-refractivity contribution in [3.63, 3.8) is 0 Å². The summed E-state index contributed by atoms with van der Waals surface area (Å²) in [5.41, 5.74) is 5.61. The number of rotatable bonds is 7. The molecule has 0 aliphatic rings. The number of carbonyl (C=O) groups excluding carboxylic acids is 2. The molecule has 0 spiro atoms. The van der Waals surface area contributed by atoms with Crippen LogP contribution in [-0.4, -0.2) is 30.9 Å². The molecule has 0 aromatic heterocycles. The van der Waals surface area contributed by atoms with Gasteiger partial charge in [-0.3, -0.25) is 9.59 Å². The Morgan fingerprint density at radius 3 is 2.40 bits per heavy atom. The molecule has 0 fully saturated rings. The van der Waals surface area contributed by atoms with Crippen LogP contribution >= 0.6 is 0 Å². The van der Waals surface area contributed by atoms with Crippen LogP contribution in [-0.2, 0) is 9.59 Å². The lowest BCUT2D eigenvalue weighted by Crippen LogP contribution is -2.34. The molecule has 0 saturated heterocycles. The molecule has 0 aliphatic heterocycles. The minimum absolute atomic E-state index is 0.0439. The normalized spacial score (nSPS) is 11.9. The van der Waals surface area contributed by atoms with Gasteiger partial charge in [-0.05, 0) is 13.3 Å². The quantitative estimate of drug-likeness (QED) is 0.548. The molecule has 0 heterocycles. The summed E-state index contributed by atoms with van der Waals surface area (Å²) in [7, 11) is 0. The van der Waals surface area contributed by atoms with Gasteiger partial charge in [-0.15, -0.1) is 0 Å². The topological polar surface area (TPSA) is 84.2 Å². The highest BCUT2D eigenvalue weighted by Crippen LogP contribution is 1.92. The highest BCUT2D eigenvalue weighted by Gasteiger charge is 2.07. The van der Waals surface area contributed by atoms with Crippen molar-refractivity contribution in [1.29, 1.82) is 0 Å². The Morgan fingerprint density at radius 2 is 1.87 bits per heavy atom. The largest absolute Gasteiger partial charge is 0.356 e. The summed E-state index contributed by atoms with van der Waals surface area (Å²) in [5.74, 6) is -0.133. The predicted octanol–water partition coefficient (Wildman–Crippen LogP) is -0.244. The molecule has 0 aromatic rings. The summed E-state index contributed by atoms with van der Waals surface area (Å²) in [4.78, 5) is 22.2. The number of nitrogens with two attached hydrogens (primary N) is 1. The molecule has 0 radical (unpaired) electrons. The number of amides is 2. The molecule has 88 valence electrons. The minimum atomic E-state index is -0.0892. The monoisotopic (exact) mass is 215 g/mol. The third kappa shape index (κ3) is 7.93. The maximum absolute atomic E-state index is 11.2. The number of nitrogens with one attached hydrogen (secondary N) is 2. The van der Waals surface area contributed by atoms with E-state index in [2.05, 4.69) is 10.6 Å². The number of hydrogen-bond acceptors (Lipinski definition) is 3. The van der Waals surface area contributed by atoms with Gasteiger partial charge in [0.25, 0.3) is 0 Å². The second-order valence-corrected chi connectivity index (χ2v) is 3.43. The van der Waals surface area contributed by atoms with Gasteiger partial charge in [-0.1, -0.05) is 6.92 Å². The van der Waals surface area contributed by atoms with Crippen LogP contribution in [0.15, 0.2) is 0 Å². The van der Waals surface area contributed by atoms with Gasteiger partial charge in [-0.2, -0.15) is 0 Å². The molecule has 0 aromatic carbocycles. The lowest BCUT2D eigenvalue weighted by atomic mass is 10.1. The van der Waals surface area contributed by atoms with Gasteiger partial charge in [-0.25, -0.2) is 0 Å². The van der Waals surface area contributed by atoms with Crippen molar-refractivity contribution in [2.45, 2.75) is 39.2 Å². The zero-order valence-electron chi connectivity index (χ0n) is 9.51. The second-order valence-electron chi connectivity index (χ2n) is 3.43. The highest BCUT2D eigenvalue weighted by atomic mass is 16.2. The first-order chi connectivity index (χ1) is 7.10. The first-order valence-electron chi connectivity index (χ1n) is 5.39. The van der Waals surface area contributed by atoms with Crippen LogP contribution < -0.4 is 16.4 Å². The Balaban J connectivity index is 3.50. The van der Waals surface area contributed by atoms with Gasteiger partial charge >= 0.3 is 0 Å². The summed E-state index contributed by atoms with van der Waals surface area (Å²) in [6.45, 7) is 4.79. The van der Waals surface area contributed by atoms with Crippen LogP contribution in [0.3, 0.4) is 0 Å². The van der Waals surface area contributed by atoms with Crippen LogP contribution in [0.5, 0.6) is 0 Å². The molecule has 0 bridgehead atoms. The van der Waals surface area contributed by atoms with Crippen molar-refractivity contribution in [3.05, 3.63) is 0 Å². The Bertz CT molecular complexity index is 207. The van der Waals surface area contributed by atoms with Crippen molar-refractivity contribution in [2.75, 3.05) is 13.1 Å². The molecule has 0 rings (SSSR count). The van der Waals surface area contributed by atoms with Gasteiger partial charge < -0.3 is 16.4 Å². The zero-order chi connectivity index (χ0) is 11.7. The van der Waals surface area contributed by atoms with Gasteiger partial charge in [0.05, 0.1) is 0 Å². The van der Waals surface area contributed by atoms with E-state index in [1.165, 1.54) is 0 Å². The van der Waals surface area contributed by atoms with Gasteiger partial charge in [0.2, 0.25) is 11.8 Å². The summed E-state index contributed by atoms with van der Waals surface area (Å²) in [5, 5.41) is 5.31. The zero-order valence-corrected chi connectivity index (χ0v) is 9.51. The number of hydrogen-bond donors (Lipinski definition) is 3. The SMILES string of the molecule is CCNC(=O)CCNC(=O)CC(N)CC. The smallest absolute Gasteiger partial charge is 0.221 e. The second kappa shape index (κ2) is 8.23. The van der Waals surface area contributed by atoms with Crippen molar-refractivity contribution in [3.8, 4) is 0 Å². The molecule has 15 heavy (non-hydrogen) atoms. The van der Waals surface area contributed by atoms with E-state index in [0.29, 0.717) is 25.9 Å². The maximum atomic E-state index is 11.2. The molecule has 2 amide bonds. The summed E-state index contributed by atoms with van der Waals surface area (Å²) < 4.78 is 0. The Morgan fingerprint density at radius 1 is 1.20 bits per heavy atom. The minimum Gasteiger partial charge on any atom is -0.356 e. The standard InChI is InChI=1S/C10H21N3O2/c1-3-8(11)7-10(15)13-6-5-9(14)12-4-2/h8H,3-7,11H2,1-2H3,(H,12,14)(H,13,15). The van der Waals surface area contributed by atoms with Crippen LogP contribution in [0.1, 0.15) is 33.1 Å². The van der Waals surface area contributed by atoms with Gasteiger partial charge in [0, 0.05) is 32.0 Å². The van der Waals surface area contributed by atoms with Gasteiger partial charge in [0.15, 0.2) is 0 Å². The fourth-order valence-electron chi connectivity index (χ4n) is 1.06. The highest BCUT2D eigenvalue weighted by molar-refractivity contribution is 5.79. The summed E-state index contributed by atoms with van der Waals surface area (Å²) >= 11 is 0. The maximum Gasteiger partial charge on any atom is 0.221 e. The van der Waals surface area contributed by atoms with E-state index in [1.54, 1.807) is 0 Å². The molecule has 0 saturated carbocycles. The lowest BCUT2D eigenvalue weighted by Gasteiger charge is -2.09. The van der Waals surface area contributed by atoms with E-state index >= 15 is 0 Å². The van der Waals surface area contributed by atoms with E-state index in [9.17, 15) is 9.59 Å². The summed E-state index contributed by atoms with van der Waals surface area (Å²) in [6.07, 6.45) is 1.43. The molecule has 1 unspecified atom stereocenters. The van der Waals surface area contributed by atoms with Crippen LogP contribution in [0.4, 0.5) is 0 Å². The molecular weight excluding hydrogens is 194 g/mol. The van der Waals surface area contributed by atoms with Crippen molar-refractivity contribution < 1.29 is 9.59 Å². The molecule has 0 aliphatic carbocycles. The Hall–Kier alpha value is -1.10. The molecule has 4 N–H and O–H groups in total. The number of carbonyl (C=O) groups is 2. The molecular formula is C10H21N3O2. The van der Waals surface area contributed by atoms with Crippen molar-refractivity contribution in [2.24, 2.45) is 5.73 Å². The van der Waals surface area contributed by atoms with E-state index in [0.717, 1.165) is 6.42 Å². The molecule has 5 nitrogen and oxygen atoms in total. The van der Waals surface area contributed by atoms with E-state index < -0.39 is 0 Å². The molecule has 1 atom stereocenters. The fraction of sp³-hybridized carbons (Fsp3) is 0.800. The van der Waals surface area contributed by atoms with E-state index in [4.69, 9.17) is 5.73 Å². The van der Waals surface area contributed by atoms with Crippen LogP contribution in [0.2, 0.25) is 0 Å². The predicted molar refractivity (Wildman–Crippen MR) is 59.2 cm³/mol. The van der Waals surface area contributed by atoms with Crippen LogP contribution in [0.25, 0.3) is 0 Å². The van der Waals surface area contributed by atoms with Crippen molar-refractivity contribution in [1.82, 2.24) is 10.6 Å². The Labute approximate surface area is 90.8 Å². The van der Waals surface area contributed by atoms with E-state index in [1.807, 2.05) is 13.8 Å². The Kier molecular flexibility index (Phi) is 7.62. The third-order valence-electron chi connectivity index (χ3n) is 2.02. The first kappa shape index (κ1) is 13.9.